The normalized spacial score (nSPS) is 10.5. The fourth-order valence-electron chi connectivity index (χ4n) is 1.74. The van der Waals surface area contributed by atoms with E-state index < -0.39 is 5.63 Å². The van der Waals surface area contributed by atoms with Crippen molar-refractivity contribution >= 4 is 11.0 Å². The molecule has 0 fully saturated rings. The number of fused-ring (bicyclic) bond motifs is 1. The van der Waals surface area contributed by atoms with Gasteiger partial charge in [0.15, 0.2) is 11.3 Å². The zero-order chi connectivity index (χ0) is 12.6. The van der Waals surface area contributed by atoms with E-state index in [-0.39, 0.29) is 17.1 Å². The Balaban J connectivity index is 2.95. The third-order valence-corrected chi connectivity index (χ3v) is 2.56. The maximum absolute atomic E-state index is 11.3. The number of aryl methyl sites for hydroxylation is 1. The lowest BCUT2D eigenvalue weighted by Gasteiger charge is -2.11. The second-order valence-electron chi connectivity index (χ2n) is 3.59. The molecule has 0 radical (unpaired) electrons. The van der Waals surface area contributed by atoms with Gasteiger partial charge in [-0.3, -0.25) is 0 Å². The molecule has 1 N–H and O–H groups in total. The second-order valence-corrected chi connectivity index (χ2v) is 3.59. The van der Waals surface area contributed by atoms with Gasteiger partial charge < -0.3 is 19.0 Å². The minimum Gasteiger partial charge on any atom is -0.502 e. The summed E-state index contributed by atoms with van der Waals surface area (Å²) in [5.41, 5.74) is 0.290. The second kappa shape index (κ2) is 4.01. The molecule has 5 nitrogen and oxygen atoms in total. The first-order chi connectivity index (χ1) is 8.08. The Bertz CT molecular complexity index is 627. The molecular formula is C12H12O5. The van der Waals surface area contributed by atoms with Gasteiger partial charge in [0.05, 0.1) is 14.2 Å². The van der Waals surface area contributed by atoms with Gasteiger partial charge in [-0.15, -0.1) is 0 Å². The van der Waals surface area contributed by atoms with Gasteiger partial charge in [0.25, 0.3) is 0 Å². The van der Waals surface area contributed by atoms with Crippen molar-refractivity contribution in [3.8, 4) is 17.2 Å². The largest absolute Gasteiger partial charge is 0.502 e. The summed E-state index contributed by atoms with van der Waals surface area (Å²) < 4.78 is 15.1. The van der Waals surface area contributed by atoms with Crippen molar-refractivity contribution in [2.24, 2.45) is 0 Å². The maximum atomic E-state index is 11.3. The molecule has 0 amide bonds. The van der Waals surface area contributed by atoms with Crippen molar-refractivity contribution in [1.82, 2.24) is 0 Å². The van der Waals surface area contributed by atoms with Crippen molar-refractivity contribution in [3.05, 3.63) is 28.1 Å². The van der Waals surface area contributed by atoms with E-state index in [9.17, 15) is 9.90 Å². The van der Waals surface area contributed by atoms with Crippen molar-refractivity contribution < 1.29 is 19.0 Å². The third kappa shape index (κ3) is 1.69. The average Bonchev–Trinajstić information content (AvgIpc) is 2.30. The van der Waals surface area contributed by atoms with Gasteiger partial charge >= 0.3 is 5.63 Å². The van der Waals surface area contributed by atoms with Crippen molar-refractivity contribution in [2.75, 3.05) is 14.2 Å². The SMILES string of the molecule is COc1cc2c(C)cc(=O)oc2c(O)c1OC. The Morgan fingerprint density at radius 1 is 1.24 bits per heavy atom. The summed E-state index contributed by atoms with van der Waals surface area (Å²) >= 11 is 0. The van der Waals surface area contributed by atoms with Crippen LogP contribution >= 0.6 is 0 Å². The van der Waals surface area contributed by atoms with Gasteiger partial charge in [0.1, 0.15) is 0 Å². The molecule has 0 saturated carbocycles. The number of phenolic OH excluding ortho intramolecular Hbond substituents is 1. The van der Waals surface area contributed by atoms with Crippen LogP contribution in [0.1, 0.15) is 5.56 Å². The summed E-state index contributed by atoms with van der Waals surface area (Å²) in [6.07, 6.45) is 0. The van der Waals surface area contributed by atoms with Crippen LogP contribution in [0.5, 0.6) is 17.2 Å². The molecule has 0 atom stereocenters. The van der Waals surface area contributed by atoms with E-state index in [2.05, 4.69) is 0 Å². The number of methoxy groups -OCH3 is 2. The summed E-state index contributed by atoms with van der Waals surface area (Å²) in [5, 5.41) is 10.6. The summed E-state index contributed by atoms with van der Waals surface area (Å²) in [4.78, 5) is 11.3. The lowest BCUT2D eigenvalue weighted by Crippen LogP contribution is -1.99. The van der Waals surface area contributed by atoms with E-state index in [1.54, 1.807) is 13.0 Å². The van der Waals surface area contributed by atoms with Crippen LogP contribution in [-0.2, 0) is 0 Å². The molecule has 0 aliphatic carbocycles. The van der Waals surface area contributed by atoms with Crippen LogP contribution in [0.3, 0.4) is 0 Å². The number of phenols is 1. The topological polar surface area (TPSA) is 68.9 Å². The third-order valence-electron chi connectivity index (χ3n) is 2.56. The number of aromatic hydroxyl groups is 1. The first-order valence-electron chi connectivity index (χ1n) is 4.97. The molecule has 5 heteroatoms. The van der Waals surface area contributed by atoms with E-state index in [4.69, 9.17) is 13.9 Å². The molecule has 90 valence electrons. The summed E-state index contributed by atoms with van der Waals surface area (Å²) in [7, 11) is 2.87. The van der Waals surface area contributed by atoms with Crippen LogP contribution in [0.25, 0.3) is 11.0 Å². The Kier molecular flexibility index (Phi) is 2.67. The van der Waals surface area contributed by atoms with Crippen molar-refractivity contribution in [2.45, 2.75) is 6.92 Å². The molecule has 2 rings (SSSR count). The summed E-state index contributed by atoms with van der Waals surface area (Å²) in [6, 6.07) is 3.01. The fraction of sp³-hybridized carbons (Fsp3) is 0.250. The molecular weight excluding hydrogens is 224 g/mol. The van der Waals surface area contributed by atoms with Crippen LogP contribution in [0.15, 0.2) is 21.3 Å². The monoisotopic (exact) mass is 236 g/mol. The quantitative estimate of drug-likeness (QED) is 0.805. The maximum Gasteiger partial charge on any atom is 0.336 e. The number of ether oxygens (including phenoxy) is 2. The van der Waals surface area contributed by atoms with E-state index in [0.717, 1.165) is 0 Å². The molecule has 1 aromatic heterocycles. The molecule has 0 spiro atoms. The molecule has 0 aliphatic rings. The molecule has 0 saturated heterocycles. The van der Waals surface area contributed by atoms with Gasteiger partial charge in [-0.1, -0.05) is 0 Å². The molecule has 2 aromatic rings. The predicted octanol–water partition coefficient (Wildman–Crippen LogP) is 1.82. The lowest BCUT2D eigenvalue weighted by molar-refractivity contribution is 0.332. The van der Waals surface area contributed by atoms with Crippen molar-refractivity contribution in [3.63, 3.8) is 0 Å². The molecule has 17 heavy (non-hydrogen) atoms. The molecule has 0 bridgehead atoms. The average molecular weight is 236 g/mol. The highest BCUT2D eigenvalue weighted by Gasteiger charge is 2.17. The molecule has 1 heterocycles. The van der Waals surface area contributed by atoms with Gasteiger partial charge in [-0.25, -0.2) is 4.79 Å². The number of hydrogen-bond donors (Lipinski definition) is 1. The van der Waals surface area contributed by atoms with Gasteiger partial charge in [0, 0.05) is 11.5 Å². The van der Waals surface area contributed by atoms with Crippen LogP contribution < -0.4 is 15.1 Å². The van der Waals surface area contributed by atoms with E-state index in [0.29, 0.717) is 16.7 Å². The zero-order valence-electron chi connectivity index (χ0n) is 9.73. The number of rotatable bonds is 2. The molecule has 0 unspecified atom stereocenters. The first-order valence-corrected chi connectivity index (χ1v) is 4.97. The number of benzene rings is 1. The lowest BCUT2D eigenvalue weighted by atomic mass is 10.1. The number of hydrogen-bond acceptors (Lipinski definition) is 5. The Morgan fingerprint density at radius 2 is 1.94 bits per heavy atom. The van der Waals surface area contributed by atoms with Crippen LogP contribution in [0.2, 0.25) is 0 Å². The van der Waals surface area contributed by atoms with Gasteiger partial charge in [0.2, 0.25) is 11.5 Å². The highest BCUT2D eigenvalue weighted by atomic mass is 16.5. The highest BCUT2D eigenvalue weighted by molar-refractivity contribution is 5.89. The fourth-order valence-corrected chi connectivity index (χ4v) is 1.74. The predicted molar refractivity (Wildman–Crippen MR) is 62.0 cm³/mol. The molecule has 0 aliphatic heterocycles. The van der Waals surface area contributed by atoms with Crippen LogP contribution in [0.4, 0.5) is 0 Å². The highest BCUT2D eigenvalue weighted by Crippen LogP contribution is 2.42. The Morgan fingerprint density at radius 3 is 2.53 bits per heavy atom. The van der Waals surface area contributed by atoms with Crippen LogP contribution in [0, 0.1) is 6.92 Å². The van der Waals surface area contributed by atoms with E-state index in [1.165, 1.54) is 20.3 Å². The van der Waals surface area contributed by atoms with Gasteiger partial charge in [-0.2, -0.15) is 0 Å². The Hall–Kier alpha value is -2.17. The Labute approximate surface area is 97.2 Å². The standard InChI is InChI=1S/C12H12O5/c1-6-4-9(13)17-11-7(6)5-8(15-2)12(16-3)10(11)14/h4-5,14H,1-3H3. The van der Waals surface area contributed by atoms with Crippen molar-refractivity contribution in [1.29, 1.82) is 0 Å². The van der Waals surface area contributed by atoms with E-state index >= 15 is 0 Å². The van der Waals surface area contributed by atoms with Crippen LogP contribution in [-0.4, -0.2) is 19.3 Å². The zero-order valence-corrected chi connectivity index (χ0v) is 9.73. The minimum atomic E-state index is -0.516. The molecule has 1 aromatic carbocycles. The summed E-state index contributed by atoms with van der Waals surface area (Å²) in [5.74, 6) is 0.297. The smallest absolute Gasteiger partial charge is 0.336 e. The van der Waals surface area contributed by atoms with Gasteiger partial charge in [-0.05, 0) is 18.6 Å². The minimum absolute atomic E-state index is 0.104. The van der Waals surface area contributed by atoms with E-state index in [1.807, 2.05) is 0 Å². The first kappa shape index (κ1) is 11.3. The summed E-state index contributed by atoms with van der Waals surface area (Å²) in [6.45, 7) is 1.75.